The standard InChI is InChI=1S/C19H20O3S/c1-23(2,21)15-18(17-11-7-4-8-12-17)13-19(20)22-14-16-9-5-3-6-10-16/h3-13,15H,14H2,1-2H3/b18-13+. The second-order valence-electron chi connectivity index (χ2n) is 5.49. The molecule has 0 atom stereocenters. The van der Waals surface area contributed by atoms with E-state index in [9.17, 15) is 9.00 Å². The number of benzene rings is 2. The number of hydrogen-bond donors (Lipinski definition) is 0. The van der Waals surface area contributed by atoms with Gasteiger partial charge in [0.2, 0.25) is 0 Å². The van der Waals surface area contributed by atoms with E-state index >= 15 is 0 Å². The second kappa shape index (κ2) is 7.79. The summed E-state index contributed by atoms with van der Waals surface area (Å²) in [6, 6.07) is 18.9. The summed E-state index contributed by atoms with van der Waals surface area (Å²) in [5, 5.41) is 1.62. The predicted octanol–water partition coefficient (Wildman–Crippen LogP) is 3.16. The van der Waals surface area contributed by atoms with Crippen molar-refractivity contribution >= 4 is 26.4 Å². The van der Waals surface area contributed by atoms with Crippen molar-refractivity contribution in [2.24, 2.45) is 0 Å². The number of carbonyl (C=O) groups excluding carboxylic acids is 1. The zero-order chi connectivity index (χ0) is 16.7. The third-order valence-electron chi connectivity index (χ3n) is 3.02. The minimum atomic E-state index is -2.14. The molecule has 0 saturated carbocycles. The van der Waals surface area contributed by atoms with Gasteiger partial charge in [-0.3, -0.25) is 4.21 Å². The summed E-state index contributed by atoms with van der Waals surface area (Å²) in [5.74, 6) is -0.451. The smallest absolute Gasteiger partial charge is 0.331 e. The maximum atomic E-state index is 12.1. The molecule has 0 unspecified atom stereocenters. The Morgan fingerprint density at radius 1 is 1.00 bits per heavy atom. The first-order chi connectivity index (χ1) is 10.9. The number of rotatable bonds is 5. The molecule has 23 heavy (non-hydrogen) atoms. The van der Waals surface area contributed by atoms with Gasteiger partial charge in [-0.15, -0.1) is 0 Å². The average Bonchev–Trinajstić information content (AvgIpc) is 2.53. The van der Waals surface area contributed by atoms with E-state index in [0.29, 0.717) is 5.57 Å². The van der Waals surface area contributed by atoms with Crippen LogP contribution >= 0.6 is 0 Å². The first-order valence-electron chi connectivity index (χ1n) is 7.21. The Morgan fingerprint density at radius 3 is 2.13 bits per heavy atom. The van der Waals surface area contributed by atoms with Gasteiger partial charge in [-0.2, -0.15) is 0 Å². The van der Waals surface area contributed by atoms with Crippen molar-refractivity contribution in [1.29, 1.82) is 0 Å². The van der Waals surface area contributed by atoms with E-state index in [4.69, 9.17) is 4.74 Å². The molecule has 0 aliphatic rings. The van der Waals surface area contributed by atoms with Crippen molar-refractivity contribution < 1.29 is 13.7 Å². The number of ether oxygens (including phenoxy) is 1. The number of allylic oxidation sites excluding steroid dienone is 1. The fourth-order valence-corrected chi connectivity index (χ4v) is 2.83. The lowest BCUT2D eigenvalue weighted by atomic mass is 10.1. The van der Waals surface area contributed by atoms with Crippen molar-refractivity contribution in [3.63, 3.8) is 0 Å². The van der Waals surface area contributed by atoms with Gasteiger partial charge in [0, 0.05) is 18.6 Å². The normalized spacial score (nSPS) is 11.8. The van der Waals surface area contributed by atoms with Crippen LogP contribution in [-0.2, 0) is 25.7 Å². The molecular formula is C19H20O3S. The van der Waals surface area contributed by atoms with Gasteiger partial charge in [0.15, 0.2) is 0 Å². The van der Waals surface area contributed by atoms with Crippen molar-refractivity contribution in [3.8, 4) is 0 Å². The molecule has 0 aromatic heterocycles. The minimum absolute atomic E-state index is 0.214. The Bertz CT molecular complexity index is 791. The summed E-state index contributed by atoms with van der Waals surface area (Å²) in [6.45, 7) is 0.214. The van der Waals surface area contributed by atoms with Crippen molar-refractivity contribution in [2.45, 2.75) is 6.61 Å². The van der Waals surface area contributed by atoms with Crippen LogP contribution in [0.2, 0.25) is 0 Å². The zero-order valence-electron chi connectivity index (χ0n) is 13.3. The summed E-state index contributed by atoms with van der Waals surface area (Å²) < 4.78 is 17.3. The molecule has 0 aliphatic heterocycles. The van der Waals surface area contributed by atoms with E-state index < -0.39 is 15.5 Å². The molecule has 4 heteroatoms. The van der Waals surface area contributed by atoms with Crippen LogP contribution in [0.1, 0.15) is 11.1 Å². The second-order valence-corrected chi connectivity index (χ2v) is 8.34. The highest BCUT2D eigenvalue weighted by Gasteiger charge is 2.06. The van der Waals surface area contributed by atoms with E-state index in [2.05, 4.69) is 0 Å². The molecule has 2 aromatic rings. The predicted molar refractivity (Wildman–Crippen MR) is 96.7 cm³/mol. The van der Waals surface area contributed by atoms with E-state index in [-0.39, 0.29) is 6.61 Å². The summed E-state index contributed by atoms with van der Waals surface area (Å²) >= 11 is 0. The molecule has 0 aliphatic carbocycles. The van der Waals surface area contributed by atoms with Gasteiger partial charge in [0.25, 0.3) is 0 Å². The molecular weight excluding hydrogens is 308 g/mol. The Kier molecular flexibility index (Phi) is 5.77. The van der Waals surface area contributed by atoms with E-state index in [0.717, 1.165) is 11.1 Å². The summed E-state index contributed by atoms with van der Waals surface area (Å²) in [7, 11) is -2.14. The average molecular weight is 328 g/mol. The quantitative estimate of drug-likeness (QED) is 0.481. The lowest BCUT2D eigenvalue weighted by Crippen LogP contribution is -2.05. The van der Waals surface area contributed by atoms with Crippen LogP contribution < -0.4 is 0 Å². The van der Waals surface area contributed by atoms with Gasteiger partial charge < -0.3 is 4.74 Å². The topological polar surface area (TPSA) is 43.4 Å². The summed E-state index contributed by atoms with van der Waals surface area (Å²) in [5.41, 5.74) is 2.37. The highest BCUT2D eigenvalue weighted by atomic mass is 32.2. The number of esters is 1. The molecule has 3 nitrogen and oxygen atoms in total. The maximum absolute atomic E-state index is 12.1. The van der Waals surface area contributed by atoms with Crippen LogP contribution in [0.4, 0.5) is 0 Å². The van der Waals surface area contributed by atoms with Crippen LogP contribution in [0, 0.1) is 0 Å². The zero-order valence-corrected chi connectivity index (χ0v) is 14.1. The Balaban J connectivity index is 2.20. The van der Waals surface area contributed by atoms with E-state index in [1.807, 2.05) is 60.7 Å². The lowest BCUT2D eigenvalue weighted by Gasteiger charge is -2.06. The SMILES string of the molecule is CS(C)(=O)=C/C(=C\C(=O)OCc1ccccc1)c1ccccc1. The molecule has 0 bridgehead atoms. The van der Waals surface area contributed by atoms with E-state index in [1.54, 1.807) is 17.9 Å². The molecule has 0 heterocycles. The Morgan fingerprint density at radius 2 is 1.57 bits per heavy atom. The van der Waals surface area contributed by atoms with Crippen LogP contribution in [0.15, 0.2) is 66.7 Å². The van der Waals surface area contributed by atoms with Crippen molar-refractivity contribution in [1.82, 2.24) is 0 Å². The Hall–Kier alpha value is -2.33. The fourth-order valence-electron chi connectivity index (χ4n) is 2.02. The van der Waals surface area contributed by atoms with Crippen molar-refractivity contribution in [2.75, 3.05) is 12.5 Å². The van der Waals surface area contributed by atoms with Crippen LogP contribution in [0.5, 0.6) is 0 Å². The molecule has 120 valence electrons. The first kappa shape index (κ1) is 17.0. The van der Waals surface area contributed by atoms with Crippen LogP contribution in [0.3, 0.4) is 0 Å². The Labute approximate surface area is 137 Å². The van der Waals surface area contributed by atoms with Gasteiger partial charge in [0.1, 0.15) is 6.61 Å². The molecule has 2 aromatic carbocycles. The van der Waals surface area contributed by atoms with Gasteiger partial charge in [0.05, 0.1) is 0 Å². The monoisotopic (exact) mass is 328 g/mol. The lowest BCUT2D eigenvalue weighted by molar-refractivity contribution is -0.138. The molecule has 0 N–H and O–H groups in total. The van der Waals surface area contributed by atoms with Gasteiger partial charge in [-0.25, -0.2) is 4.79 Å². The first-order valence-corrected chi connectivity index (χ1v) is 9.64. The third kappa shape index (κ3) is 6.12. The number of hydrogen-bond acceptors (Lipinski definition) is 3. The minimum Gasteiger partial charge on any atom is -0.458 e. The van der Waals surface area contributed by atoms with Crippen molar-refractivity contribution in [3.05, 3.63) is 77.9 Å². The molecule has 0 saturated heterocycles. The molecule has 0 radical (unpaired) electrons. The van der Waals surface area contributed by atoms with Crippen LogP contribution in [-0.4, -0.2) is 28.1 Å². The highest BCUT2D eigenvalue weighted by molar-refractivity contribution is 8.00. The number of carbonyl (C=O) groups is 1. The molecule has 0 fully saturated rings. The highest BCUT2D eigenvalue weighted by Crippen LogP contribution is 2.13. The largest absolute Gasteiger partial charge is 0.458 e. The molecule has 2 rings (SSSR count). The molecule has 0 spiro atoms. The summed E-state index contributed by atoms with van der Waals surface area (Å²) in [4.78, 5) is 12.1. The molecule has 0 amide bonds. The van der Waals surface area contributed by atoms with Gasteiger partial charge in [-0.05, 0) is 31.6 Å². The van der Waals surface area contributed by atoms with Gasteiger partial charge in [-0.1, -0.05) is 60.7 Å². The summed E-state index contributed by atoms with van der Waals surface area (Å²) in [6.07, 6.45) is 4.67. The van der Waals surface area contributed by atoms with E-state index in [1.165, 1.54) is 6.08 Å². The maximum Gasteiger partial charge on any atom is 0.331 e. The fraction of sp³-hybridized carbons (Fsp3) is 0.158. The van der Waals surface area contributed by atoms with Crippen LogP contribution in [0.25, 0.3) is 5.57 Å². The third-order valence-corrected chi connectivity index (χ3v) is 3.84. The van der Waals surface area contributed by atoms with Gasteiger partial charge >= 0.3 is 5.97 Å².